The van der Waals surface area contributed by atoms with E-state index >= 15 is 0 Å². The molecule has 4 heteroatoms. The predicted octanol–water partition coefficient (Wildman–Crippen LogP) is -5.27. The Balaban J connectivity index is 0. The van der Waals surface area contributed by atoms with Gasteiger partial charge < -0.3 is 0 Å². The standard InChI is InChI=1S/BH3.Ga.GeH4.H4Si.3H/h1H3;;2*1H4;;;. The van der Waals surface area contributed by atoms with Gasteiger partial charge in [0, 0.05) is 0 Å². The summed E-state index contributed by atoms with van der Waals surface area (Å²) in [6.07, 6.45) is 0. The minimum atomic E-state index is 0. The molecular weight excluding hydrogens is 181 g/mol. The van der Waals surface area contributed by atoms with Crippen molar-refractivity contribution >= 4 is 56.8 Å². The molecule has 0 aliphatic heterocycles. The minimum absolute atomic E-state index is 0. The van der Waals surface area contributed by atoms with Crippen LogP contribution < -0.4 is 0 Å². The molecular formula is H14BGaGeSi. The molecule has 0 N–H and O–H groups in total. The van der Waals surface area contributed by atoms with Crippen molar-refractivity contribution in [3.8, 4) is 0 Å². The maximum absolute atomic E-state index is 0. The molecule has 0 saturated carbocycles. The van der Waals surface area contributed by atoms with Gasteiger partial charge in [-0.25, -0.2) is 0 Å². The quantitative estimate of drug-likeness (QED) is 0.339. The Bertz CT molecular complexity index is 8.00. The number of rotatable bonds is 0. The van der Waals surface area contributed by atoms with Crippen molar-refractivity contribution in [2.75, 3.05) is 0 Å². The first kappa shape index (κ1) is 50.9. The van der Waals surface area contributed by atoms with E-state index < -0.39 is 0 Å². The van der Waals surface area contributed by atoms with Crippen LogP contribution in [0.15, 0.2) is 0 Å². The van der Waals surface area contributed by atoms with Crippen LogP contribution in [0.3, 0.4) is 0 Å². The molecule has 0 nitrogen and oxygen atoms in total. The van der Waals surface area contributed by atoms with Crippen molar-refractivity contribution < 1.29 is 0 Å². The van der Waals surface area contributed by atoms with Crippen LogP contribution in [0.2, 0.25) is 0 Å². The molecule has 28 valence electrons. The summed E-state index contributed by atoms with van der Waals surface area (Å²) < 4.78 is 0. The van der Waals surface area contributed by atoms with Crippen molar-refractivity contribution in [3.05, 3.63) is 0 Å². The molecule has 0 unspecified atom stereocenters. The first-order valence-electron chi connectivity index (χ1n) is 0. The molecule has 0 aliphatic rings. The molecule has 0 fully saturated rings. The third-order valence-electron chi connectivity index (χ3n) is 0. The monoisotopic (exact) mass is 196 g/mol. The van der Waals surface area contributed by atoms with Gasteiger partial charge in [-0.1, -0.05) is 0 Å². The molecule has 0 saturated heterocycles. The molecule has 0 amide bonds. The van der Waals surface area contributed by atoms with E-state index in [0.717, 1.165) is 0 Å². The Kier molecular flexibility index (Phi) is 319. The zero-order chi connectivity index (χ0) is 0. The zero-order valence-electron chi connectivity index (χ0n) is 0. The summed E-state index contributed by atoms with van der Waals surface area (Å²) in [6, 6.07) is 0. The molecule has 0 bridgehead atoms. The smallest absolute Gasteiger partial charge is 0.0149 e. The summed E-state index contributed by atoms with van der Waals surface area (Å²) in [7, 11) is 0. The summed E-state index contributed by atoms with van der Waals surface area (Å²) in [6.45, 7) is 0. The SMILES string of the molecule is B.[GaH3].[GeH4].[SiH4]. The van der Waals surface area contributed by atoms with Crippen LogP contribution in [0.25, 0.3) is 0 Å². The Morgan fingerprint density at radius 1 is 1.00 bits per heavy atom. The van der Waals surface area contributed by atoms with Crippen molar-refractivity contribution in [1.29, 1.82) is 0 Å². The van der Waals surface area contributed by atoms with Crippen LogP contribution in [-0.2, 0) is 0 Å². The van der Waals surface area contributed by atoms with E-state index in [1.165, 1.54) is 0 Å². The number of hydrogen-bond acceptors (Lipinski definition) is 0. The van der Waals surface area contributed by atoms with Crippen LogP contribution >= 0.6 is 0 Å². The van der Waals surface area contributed by atoms with Gasteiger partial charge in [0.15, 0.2) is 0 Å². The van der Waals surface area contributed by atoms with E-state index in [0.29, 0.717) is 0 Å². The minimum Gasteiger partial charge on any atom is -0.0149 e. The Morgan fingerprint density at radius 2 is 1.00 bits per heavy atom. The summed E-state index contributed by atoms with van der Waals surface area (Å²) >= 11 is 0. The largest absolute Gasteiger partial charge is 0.0149 e. The maximum Gasteiger partial charge on any atom is -0.0149 e. The van der Waals surface area contributed by atoms with Gasteiger partial charge in [-0.05, 0) is 11.0 Å². The van der Waals surface area contributed by atoms with E-state index in [1.807, 2.05) is 0 Å². The molecule has 0 spiro atoms. The molecule has 0 radical (unpaired) electrons. The first-order valence-corrected chi connectivity index (χ1v) is 0. The molecule has 0 aromatic heterocycles. The Hall–Kier alpha value is 1.46. The predicted molar refractivity (Wildman–Crippen MR) is 42.5 cm³/mol. The van der Waals surface area contributed by atoms with Gasteiger partial charge in [0.2, 0.25) is 0 Å². The normalized spacial score (nSPS) is 0. The Labute approximate surface area is 56.7 Å². The van der Waals surface area contributed by atoms with Crippen molar-refractivity contribution in [3.63, 3.8) is 0 Å². The van der Waals surface area contributed by atoms with E-state index in [4.69, 9.17) is 0 Å². The zero-order valence-corrected chi connectivity index (χ0v) is 0. The van der Waals surface area contributed by atoms with Gasteiger partial charge in [0.1, 0.15) is 0 Å². The second-order valence-electron chi connectivity index (χ2n) is 0. The van der Waals surface area contributed by atoms with Gasteiger partial charge in [0.05, 0.1) is 8.41 Å². The van der Waals surface area contributed by atoms with E-state index in [1.54, 1.807) is 0 Å². The van der Waals surface area contributed by atoms with Crippen molar-refractivity contribution in [2.45, 2.75) is 0 Å². The van der Waals surface area contributed by atoms with Crippen LogP contribution in [-0.4, -0.2) is 56.8 Å². The van der Waals surface area contributed by atoms with Crippen molar-refractivity contribution in [1.82, 2.24) is 0 Å². The first-order chi connectivity index (χ1) is 0. The van der Waals surface area contributed by atoms with Crippen LogP contribution in [0.1, 0.15) is 0 Å². The third kappa shape index (κ3) is 9.82. The summed E-state index contributed by atoms with van der Waals surface area (Å²) in [5.74, 6) is 0. The van der Waals surface area contributed by atoms with Gasteiger partial charge >= 0.3 is 37.4 Å². The van der Waals surface area contributed by atoms with Crippen LogP contribution in [0.4, 0.5) is 0 Å². The van der Waals surface area contributed by atoms with Crippen molar-refractivity contribution in [2.24, 2.45) is 0 Å². The van der Waals surface area contributed by atoms with E-state index in [-0.39, 0.29) is 56.8 Å². The summed E-state index contributed by atoms with van der Waals surface area (Å²) in [5.41, 5.74) is 0. The summed E-state index contributed by atoms with van der Waals surface area (Å²) in [4.78, 5) is 0. The third-order valence-corrected chi connectivity index (χ3v) is 0. The van der Waals surface area contributed by atoms with Crippen LogP contribution in [0, 0.1) is 0 Å². The fraction of sp³-hybridized carbons (Fsp3) is 0. The molecule has 0 heterocycles. The van der Waals surface area contributed by atoms with Crippen LogP contribution in [0.5, 0.6) is 0 Å². The Morgan fingerprint density at radius 3 is 1.00 bits per heavy atom. The molecule has 0 aromatic rings. The van der Waals surface area contributed by atoms with Gasteiger partial charge in [-0.2, -0.15) is 0 Å². The fourth-order valence-electron chi connectivity index (χ4n) is 0. The second-order valence-corrected chi connectivity index (χ2v) is 0. The molecule has 0 atom stereocenters. The molecule has 4 heavy (non-hydrogen) atoms. The van der Waals surface area contributed by atoms with Gasteiger partial charge in [-0.15, -0.1) is 0 Å². The maximum atomic E-state index is 0. The fourth-order valence-corrected chi connectivity index (χ4v) is 0. The summed E-state index contributed by atoms with van der Waals surface area (Å²) in [5, 5.41) is 0. The van der Waals surface area contributed by atoms with Gasteiger partial charge in [-0.3, -0.25) is 0 Å². The average molecular weight is 195 g/mol. The van der Waals surface area contributed by atoms with E-state index in [2.05, 4.69) is 0 Å². The molecule has 0 rings (SSSR count). The number of hydrogen-bond donors (Lipinski definition) is 0. The van der Waals surface area contributed by atoms with E-state index in [9.17, 15) is 0 Å². The topological polar surface area (TPSA) is 0 Å². The molecule has 0 aliphatic carbocycles. The second kappa shape index (κ2) is 25.0. The molecule has 0 aromatic carbocycles. The van der Waals surface area contributed by atoms with Gasteiger partial charge in [0.25, 0.3) is 0 Å². The average Bonchev–Trinajstić information content (AvgIpc) is 0.